The monoisotopic (exact) mass is 392 g/mol. The SMILES string of the molecule is CCCC12COC(CCc3ccc(-c4cc(F)c(F)c(F)c4)cc3)(OC1)OC2. The molecule has 0 saturated carbocycles. The number of rotatable bonds is 6. The normalized spacial score (nSPS) is 26.6. The van der Waals surface area contributed by atoms with Gasteiger partial charge in [0.25, 0.3) is 5.97 Å². The Hall–Kier alpha value is -1.89. The van der Waals surface area contributed by atoms with E-state index < -0.39 is 23.4 Å². The minimum absolute atomic E-state index is 0.0160. The minimum Gasteiger partial charge on any atom is -0.327 e. The fourth-order valence-electron chi connectivity index (χ4n) is 3.89. The second-order valence-electron chi connectivity index (χ2n) is 7.75. The molecule has 0 N–H and O–H groups in total. The van der Waals surface area contributed by atoms with Gasteiger partial charge in [-0.05, 0) is 41.7 Å². The summed E-state index contributed by atoms with van der Waals surface area (Å²) >= 11 is 0. The summed E-state index contributed by atoms with van der Waals surface area (Å²) in [6.45, 7) is 4.11. The average molecular weight is 392 g/mol. The van der Waals surface area contributed by atoms with Crippen LogP contribution in [0.4, 0.5) is 13.2 Å². The number of hydrogen-bond acceptors (Lipinski definition) is 3. The third-order valence-electron chi connectivity index (χ3n) is 5.57. The molecule has 3 nitrogen and oxygen atoms in total. The first-order chi connectivity index (χ1) is 13.4. The molecule has 0 aromatic heterocycles. The second-order valence-corrected chi connectivity index (χ2v) is 7.75. The van der Waals surface area contributed by atoms with Crippen LogP contribution in [0, 0.1) is 22.9 Å². The van der Waals surface area contributed by atoms with Crippen LogP contribution >= 0.6 is 0 Å². The maximum absolute atomic E-state index is 13.4. The number of hydrogen-bond donors (Lipinski definition) is 0. The highest BCUT2D eigenvalue weighted by Crippen LogP contribution is 2.43. The van der Waals surface area contributed by atoms with Crippen molar-refractivity contribution < 1.29 is 27.4 Å². The van der Waals surface area contributed by atoms with Gasteiger partial charge < -0.3 is 14.2 Å². The first-order valence-corrected chi connectivity index (χ1v) is 9.60. The summed E-state index contributed by atoms with van der Waals surface area (Å²) in [5.74, 6) is -4.82. The maximum atomic E-state index is 13.4. The first kappa shape index (κ1) is 19.4. The molecule has 5 rings (SSSR count). The third kappa shape index (κ3) is 3.69. The predicted molar refractivity (Wildman–Crippen MR) is 98.0 cm³/mol. The second kappa shape index (κ2) is 7.50. The van der Waals surface area contributed by atoms with E-state index in [1.54, 1.807) is 12.1 Å². The first-order valence-electron chi connectivity index (χ1n) is 9.60. The smallest absolute Gasteiger partial charge is 0.283 e. The number of ether oxygens (including phenoxy) is 3. The Morgan fingerprint density at radius 2 is 1.39 bits per heavy atom. The van der Waals surface area contributed by atoms with Gasteiger partial charge in [0.15, 0.2) is 17.5 Å². The summed E-state index contributed by atoms with van der Waals surface area (Å²) in [7, 11) is 0. The predicted octanol–water partition coefficient (Wildman–Crippen LogP) is 5.22. The molecule has 0 aliphatic carbocycles. The molecule has 3 saturated heterocycles. The van der Waals surface area contributed by atoms with Crippen LogP contribution in [0.3, 0.4) is 0 Å². The molecule has 3 aliphatic rings. The Kier molecular flexibility index (Phi) is 5.21. The molecule has 3 aliphatic heterocycles. The molecule has 3 heterocycles. The van der Waals surface area contributed by atoms with Gasteiger partial charge in [0, 0.05) is 11.8 Å². The lowest BCUT2D eigenvalue weighted by molar-refractivity contribution is -0.470. The summed E-state index contributed by atoms with van der Waals surface area (Å²) < 4.78 is 57.7. The minimum atomic E-state index is -1.46. The van der Waals surface area contributed by atoms with Gasteiger partial charge in [0.05, 0.1) is 19.8 Å². The van der Waals surface area contributed by atoms with Crippen LogP contribution in [0.15, 0.2) is 36.4 Å². The van der Waals surface area contributed by atoms with Gasteiger partial charge in [-0.1, -0.05) is 37.6 Å². The molecule has 0 unspecified atom stereocenters. The maximum Gasteiger partial charge on any atom is 0.283 e. The van der Waals surface area contributed by atoms with Gasteiger partial charge in [-0.15, -0.1) is 0 Å². The highest BCUT2D eigenvalue weighted by Gasteiger charge is 2.51. The van der Waals surface area contributed by atoms with Crippen molar-refractivity contribution in [3.05, 3.63) is 59.4 Å². The average Bonchev–Trinajstić information content (AvgIpc) is 2.72. The van der Waals surface area contributed by atoms with E-state index in [4.69, 9.17) is 14.2 Å². The van der Waals surface area contributed by atoms with Gasteiger partial charge in [-0.25, -0.2) is 13.2 Å². The largest absolute Gasteiger partial charge is 0.327 e. The summed E-state index contributed by atoms with van der Waals surface area (Å²) in [5, 5.41) is 0. The summed E-state index contributed by atoms with van der Waals surface area (Å²) in [5.41, 5.74) is 1.91. The van der Waals surface area contributed by atoms with Crippen LogP contribution in [0.5, 0.6) is 0 Å². The number of benzene rings is 2. The van der Waals surface area contributed by atoms with E-state index in [1.165, 1.54) is 0 Å². The van der Waals surface area contributed by atoms with E-state index in [0.717, 1.165) is 30.5 Å². The van der Waals surface area contributed by atoms with Gasteiger partial charge in [0.2, 0.25) is 0 Å². The van der Waals surface area contributed by atoms with E-state index in [-0.39, 0.29) is 5.41 Å². The Balaban J connectivity index is 1.40. The molecule has 6 heteroatoms. The van der Waals surface area contributed by atoms with Crippen molar-refractivity contribution in [3.8, 4) is 11.1 Å². The van der Waals surface area contributed by atoms with Crippen molar-refractivity contribution in [2.24, 2.45) is 5.41 Å². The Morgan fingerprint density at radius 1 is 0.821 bits per heavy atom. The Labute approximate surface area is 162 Å². The molecule has 2 aromatic carbocycles. The molecule has 28 heavy (non-hydrogen) atoms. The fourth-order valence-corrected chi connectivity index (χ4v) is 3.89. The van der Waals surface area contributed by atoms with Crippen molar-refractivity contribution in [2.45, 2.75) is 38.6 Å². The summed E-state index contributed by atoms with van der Waals surface area (Å²) in [4.78, 5) is 0. The standard InChI is InChI=1S/C22H23F3O3/c1-2-8-21-12-26-22(27-13-21,28-14-21)9-7-15-3-5-16(6-4-15)17-10-18(23)20(25)19(24)11-17/h3-6,10-11H,2,7-9,12-14H2,1H3. The van der Waals surface area contributed by atoms with Crippen LogP contribution in [-0.4, -0.2) is 25.8 Å². The van der Waals surface area contributed by atoms with Crippen LogP contribution in [0.25, 0.3) is 11.1 Å². The van der Waals surface area contributed by atoms with Crippen LogP contribution < -0.4 is 0 Å². The van der Waals surface area contributed by atoms with E-state index in [2.05, 4.69) is 6.92 Å². The highest BCUT2D eigenvalue weighted by molar-refractivity contribution is 5.63. The molecule has 150 valence electrons. The molecule has 3 fully saturated rings. The van der Waals surface area contributed by atoms with Crippen molar-refractivity contribution in [1.29, 1.82) is 0 Å². The van der Waals surface area contributed by atoms with Crippen LogP contribution in [-0.2, 0) is 20.6 Å². The quantitative estimate of drug-likeness (QED) is 0.631. The molecule has 0 atom stereocenters. The molecule has 2 bridgehead atoms. The molecular formula is C22H23F3O3. The summed E-state index contributed by atoms with van der Waals surface area (Å²) in [6.07, 6.45) is 3.33. The zero-order valence-electron chi connectivity index (χ0n) is 15.8. The van der Waals surface area contributed by atoms with Gasteiger partial charge in [-0.2, -0.15) is 0 Å². The Morgan fingerprint density at radius 3 is 1.93 bits per heavy atom. The van der Waals surface area contributed by atoms with E-state index >= 15 is 0 Å². The molecule has 0 spiro atoms. The van der Waals surface area contributed by atoms with Crippen molar-refractivity contribution in [2.75, 3.05) is 19.8 Å². The molecule has 2 aromatic rings. The van der Waals surface area contributed by atoms with Gasteiger partial charge in [0.1, 0.15) is 0 Å². The zero-order chi connectivity index (χ0) is 19.8. The van der Waals surface area contributed by atoms with Gasteiger partial charge in [-0.3, -0.25) is 0 Å². The fraction of sp³-hybridized carbons (Fsp3) is 0.455. The number of halogens is 3. The topological polar surface area (TPSA) is 27.7 Å². The zero-order valence-corrected chi connectivity index (χ0v) is 15.8. The van der Waals surface area contributed by atoms with Crippen molar-refractivity contribution in [1.82, 2.24) is 0 Å². The van der Waals surface area contributed by atoms with Crippen molar-refractivity contribution >= 4 is 0 Å². The number of aryl methyl sites for hydroxylation is 1. The molecular weight excluding hydrogens is 369 g/mol. The Bertz CT molecular complexity index is 803. The van der Waals surface area contributed by atoms with Crippen molar-refractivity contribution in [3.63, 3.8) is 0 Å². The third-order valence-corrected chi connectivity index (χ3v) is 5.57. The van der Waals surface area contributed by atoms with E-state index in [1.807, 2.05) is 12.1 Å². The highest BCUT2D eigenvalue weighted by atomic mass is 19.2. The summed E-state index contributed by atoms with van der Waals surface area (Å²) in [6, 6.07) is 9.25. The van der Waals surface area contributed by atoms with Crippen LogP contribution in [0.2, 0.25) is 0 Å². The van der Waals surface area contributed by atoms with Gasteiger partial charge >= 0.3 is 0 Å². The lowest BCUT2D eigenvalue weighted by Crippen LogP contribution is -2.60. The molecule has 0 radical (unpaired) electrons. The lowest BCUT2D eigenvalue weighted by Gasteiger charge is -2.52. The van der Waals surface area contributed by atoms with Crippen LogP contribution in [0.1, 0.15) is 31.7 Å². The van der Waals surface area contributed by atoms with E-state index in [9.17, 15) is 13.2 Å². The lowest BCUT2D eigenvalue weighted by atomic mass is 9.84. The molecule has 0 amide bonds. The number of fused-ring (bicyclic) bond motifs is 3. The van der Waals surface area contributed by atoms with E-state index in [0.29, 0.717) is 43.8 Å².